The van der Waals surface area contributed by atoms with Crippen LogP contribution in [0.3, 0.4) is 0 Å². The van der Waals surface area contributed by atoms with Gasteiger partial charge in [0.05, 0.1) is 11.1 Å². The van der Waals surface area contributed by atoms with Crippen LogP contribution in [0.15, 0.2) is 23.0 Å². The van der Waals surface area contributed by atoms with E-state index in [0.29, 0.717) is 11.3 Å². The highest BCUT2D eigenvalue weighted by Gasteiger charge is 2.60. The first kappa shape index (κ1) is 22.5. The smallest absolute Gasteiger partial charge is 0.255 e. The number of anilines is 1. The maximum atomic E-state index is 13.5. The second kappa shape index (κ2) is 7.17. The molecule has 0 radical (unpaired) electrons. The summed E-state index contributed by atoms with van der Waals surface area (Å²) in [6, 6.07) is 1.51. The van der Waals surface area contributed by atoms with Crippen LogP contribution < -0.4 is 10.6 Å². The molecule has 0 saturated heterocycles. The van der Waals surface area contributed by atoms with Crippen molar-refractivity contribution in [2.24, 2.45) is 17.6 Å². The van der Waals surface area contributed by atoms with Crippen LogP contribution in [0.5, 0.6) is 5.75 Å². The second-order valence-corrected chi connectivity index (χ2v) is 9.00. The van der Waals surface area contributed by atoms with Crippen LogP contribution in [0.25, 0.3) is 5.76 Å². The van der Waals surface area contributed by atoms with Crippen molar-refractivity contribution in [2.75, 3.05) is 19.0 Å². The number of hydrogen-bond donors (Lipinski definition) is 5. The molecule has 1 unspecified atom stereocenters. The molecule has 3 atom stereocenters. The zero-order chi connectivity index (χ0) is 24.6. The number of aliphatic hydroxyl groups is 3. The Morgan fingerprint density at radius 3 is 2.33 bits per heavy atom. The van der Waals surface area contributed by atoms with Gasteiger partial charge in [0.15, 0.2) is 17.2 Å². The Morgan fingerprint density at radius 1 is 1.15 bits per heavy atom. The van der Waals surface area contributed by atoms with E-state index < -0.39 is 63.5 Å². The number of benzene rings is 1. The Hall–Kier alpha value is -3.66. The highest BCUT2D eigenvalue weighted by atomic mass is 16.3. The number of aliphatic hydroxyl groups excluding tert-OH is 2. The SMILES string of the molecule is CC(=O)c1cc(N(C)C)c2c(c1O)C(O)=C1C(=O)[C@]3(O)C(O)=C(C(N)=O)C(=O)C[C@@H]3CC1C2. The van der Waals surface area contributed by atoms with Crippen LogP contribution in [-0.4, -0.2) is 63.4 Å². The molecule has 0 bridgehead atoms. The number of carbonyl (C=O) groups excluding carboxylic acids is 4. The molecule has 1 amide bonds. The third kappa shape index (κ3) is 2.90. The van der Waals surface area contributed by atoms with E-state index in [4.69, 9.17) is 5.73 Å². The van der Waals surface area contributed by atoms with Crippen LogP contribution in [0.2, 0.25) is 0 Å². The topological polar surface area (TPSA) is 178 Å². The number of nitrogens with two attached hydrogens (primary N) is 1. The number of fused-ring (bicyclic) bond motifs is 3. The Bertz CT molecular complexity index is 1230. The van der Waals surface area contributed by atoms with Gasteiger partial charge in [-0.3, -0.25) is 19.2 Å². The summed E-state index contributed by atoms with van der Waals surface area (Å²) in [5.41, 5.74) is 2.39. The summed E-state index contributed by atoms with van der Waals surface area (Å²) in [6.07, 6.45) is -0.157. The molecule has 6 N–H and O–H groups in total. The highest BCUT2D eigenvalue weighted by molar-refractivity contribution is 6.22. The lowest BCUT2D eigenvalue weighted by atomic mass is 9.59. The first-order valence-corrected chi connectivity index (χ1v) is 10.4. The van der Waals surface area contributed by atoms with Gasteiger partial charge in [0.25, 0.3) is 5.91 Å². The third-order valence-corrected chi connectivity index (χ3v) is 6.90. The summed E-state index contributed by atoms with van der Waals surface area (Å²) in [5.74, 6) is -7.47. The summed E-state index contributed by atoms with van der Waals surface area (Å²) in [5, 5.41) is 43.7. The summed E-state index contributed by atoms with van der Waals surface area (Å²) in [7, 11) is 3.46. The molecule has 0 spiro atoms. The van der Waals surface area contributed by atoms with Crippen molar-refractivity contribution in [1.29, 1.82) is 0 Å². The molecule has 0 heterocycles. The molecular weight excluding hydrogens is 432 g/mol. The highest BCUT2D eigenvalue weighted by Crippen LogP contribution is 2.53. The van der Waals surface area contributed by atoms with Gasteiger partial charge in [0, 0.05) is 37.7 Å². The van der Waals surface area contributed by atoms with E-state index in [0.717, 1.165) is 0 Å². The number of Topliss-reactive ketones (excluding diaryl/α,β-unsaturated/α-hetero) is 3. The van der Waals surface area contributed by atoms with Crippen molar-refractivity contribution in [1.82, 2.24) is 0 Å². The zero-order valence-electron chi connectivity index (χ0n) is 18.3. The van der Waals surface area contributed by atoms with Gasteiger partial charge in [0.1, 0.15) is 22.8 Å². The number of aromatic hydroxyl groups is 1. The lowest BCUT2D eigenvalue weighted by Gasteiger charge is -2.46. The average molecular weight is 456 g/mol. The maximum Gasteiger partial charge on any atom is 0.255 e. The number of carbonyl (C=O) groups is 4. The number of primary amides is 1. The van der Waals surface area contributed by atoms with Crippen LogP contribution >= 0.6 is 0 Å². The Balaban J connectivity index is 1.99. The summed E-state index contributed by atoms with van der Waals surface area (Å²) < 4.78 is 0. The predicted octanol–water partition coefficient (Wildman–Crippen LogP) is 0.692. The van der Waals surface area contributed by atoms with Gasteiger partial charge in [-0.2, -0.15) is 0 Å². The Morgan fingerprint density at radius 2 is 1.79 bits per heavy atom. The lowest BCUT2D eigenvalue weighted by Crippen LogP contribution is -2.58. The number of phenolic OH excluding ortho intramolecular Hbond substituents is 1. The fourth-order valence-electron chi connectivity index (χ4n) is 5.34. The van der Waals surface area contributed by atoms with Crippen LogP contribution in [0.4, 0.5) is 5.69 Å². The van der Waals surface area contributed by atoms with Crippen molar-refractivity contribution in [3.05, 3.63) is 39.7 Å². The summed E-state index contributed by atoms with van der Waals surface area (Å²) >= 11 is 0. The molecule has 1 aromatic rings. The number of hydrogen-bond acceptors (Lipinski definition) is 9. The van der Waals surface area contributed by atoms with Gasteiger partial charge >= 0.3 is 0 Å². The van der Waals surface area contributed by atoms with E-state index in [1.807, 2.05) is 0 Å². The molecule has 1 saturated carbocycles. The van der Waals surface area contributed by atoms with Gasteiger partial charge in [-0.1, -0.05) is 0 Å². The molecule has 10 heteroatoms. The second-order valence-electron chi connectivity index (χ2n) is 9.00. The fourth-order valence-corrected chi connectivity index (χ4v) is 5.34. The van der Waals surface area contributed by atoms with Gasteiger partial charge < -0.3 is 31.1 Å². The van der Waals surface area contributed by atoms with Crippen LogP contribution in [-0.2, 0) is 20.8 Å². The molecule has 4 rings (SSSR count). The van der Waals surface area contributed by atoms with E-state index in [9.17, 15) is 39.6 Å². The first-order chi connectivity index (χ1) is 15.3. The molecule has 3 aliphatic rings. The van der Waals surface area contributed by atoms with E-state index in [-0.39, 0.29) is 36.0 Å². The quantitative estimate of drug-likeness (QED) is 0.323. The number of phenols is 1. The number of nitrogens with zero attached hydrogens (tertiary/aromatic N) is 1. The lowest BCUT2D eigenvalue weighted by molar-refractivity contribution is -0.147. The van der Waals surface area contributed by atoms with E-state index >= 15 is 0 Å². The van der Waals surface area contributed by atoms with Crippen molar-refractivity contribution in [3.63, 3.8) is 0 Å². The molecule has 0 aromatic heterocycles. The predicted molar refractivity (Wildman–Crippen MR) is 116 cm³/mol. The third-order valence-electron chi connectivity index (χ3n) is 6.90. The zero-order valence-corrected chi connectivity index (χ0v) is 18.3. The Kier molecular flexibility index (Phi) is 4.90. The minimum Gasteiger partial charge on any atom is -0.508 e. The summed E-state index contributed by atoms with van der Waals surface area (Å²) in [4.78, 5) is 51.4. The van der Waals surface area contributed by atoms with E-state index in [1.165, 1.54) is 13.0 Å². The van der Waals surface area contributed by atoms with Crippen molar-refractivity contribution in [2.45, 2.75) is 31.8 Å². The van der Waals surface area contributed by atoms with Crippen molar-refractivity contribution < 1.29 is 39.6 Å². The molecule has 1 fully saturated rings. The van der Waals surface area contributed by atoms with Crippen molar-refractivity contribution in [3.8, 4) is 5.75 Å². The molecule has 1 aromatic carbocycles. The van der Waals surface area contributed by atoms with Crippen LogP contribution in [0, 0.1) is 11.8 Å². The van der Waals surface area contributed by atoms with Crippen molar-refractivity contribution >= 4 is 34.7 Å². The molecule has 3 aliphatic carbocycles. The minimum atomic E-state index is -2.62. The fraction of sp³-hybridized carbons (Fsp3) is 0.391. The number of ketones is 3. The van der Waals surface area contributed by atoms with Gasteiger partial charge in [-0.15, -0.1) is 0 Å². The monoisotopic (exact) mass is 456 g/mol. The van der Waals surface area contributed by atoms with Gasteiger partial charge in [0.2, 0.25) is 5.78 Å². The average Bonchev–Trinajstić information content (AvgIpc) is 2.70. The van der Waals surface area contributed by atoms with E-state index in [1.54, 1.807) is 19.0 Å². The molecule has 10 nitrogen and oxygen atoms in total. The minimum absolute atomic E-state index is 0.0466. The van der Waals surface area contributed by atoms with Crippen LogP contribution in [0.1, 0.15) is 41.3 Å². The molecule has 174 valence electrons. The van der Waals surface area contributed by atoms with Gasteiger partial charge in [-0.25, -0.2) is 0 Å². The molecule has 33 heavy (non-hydrogen) atoms. The molecular formula is C23H24N2O8. The maximum absolute atomic E-state index is 13.5. The van der Waals surface area contributed by atoms with E-state index in [2.05, 4.69) is 0 Å². The normalized spacial score (nSPS) is 26.5. The molecule has 0 aliphatic heterocycles. The number of rotatable bonds is 3. The van der Waals surface area contributed by atoms with Gasteiger partial charge in [-0.05, 0) is 37.3 Å². The Labute approximate surface area is 188 Å². The summed E-state index contributed by atoms with van der Waals surface area (Å²) in [6.45, 7) is 1.25. The number of amides is 1. The standard InChI is InChI=1S/C23H24N2O8/c1-8(26)11-7-13(25(2)3)12-5-9-4-10-6-14(27)17(22(24)32)21(31)23(10,33)20(30)15(9)19(29)16(12)18(11)28/h7,9-10,28-29,31,33H,4-6H2,1-3H3,(H2,24,32)/t9?,10-,23-/m0/s1. The largest absolute Gasteiger partial charge is 0.508 e. The first-order valence-electron chi connectivity index (χ1n) is 10.4.